The first-order valence-electron chi connectivity index (χ1n) is 6.08. The molecule has 0 spiro atoms. The van der Waals surface area contributed by atoms with Gasteiger partial charge in [0.05, 0.1) is 0 Å². The molecule has 0 atom stereocenters. The van der Waals surface area contributed by atoms with Crippen molar-refractivity contribution in [3.63, 3.8) is 0 Å². The lowest BCUT2D eigenvalue weighted by Gasteiger charge is -2.17. The zero-order valence-corrected chi connectivity index (χ0v) is 12.0. The number of aromatic nitrogens is 2. The molecule has 5 heteroatoms. The average molecular weight is 254 g/mol. The van der Waals surface area contributed by atoms with Gasteiger partial charge in [-0.2, -0.15) is 0 Å². The Morgan fingerprint density at radius 3 is 2.59 bits per heavy atom. The number of hydrogen-bond acceptors (Lipinski definition) is 5. The largest absolute Gasteiger partial charge is 0.373 e. The molecule has 0 saturated carbocycles. The van der Waals surface area contributed by atoms with Gasteiger partial charge in [0.2, 0.25) is 0 Å². The summed E-state index contributed by atoms with van der Waals surface area (Å²) in [6.45, 7) is 9.65. The average Bonchev–Trinajstić information content (AvgIpc) is 2.34. The molecule has 0 amide bonds. The zero-order chi connectivity index (χ0) is 12.7. The molecule has 0 aliphatic carbocycles. The molecule has 1 heterocycles. The minimum absolute atomic E-state index is 0.821. The fourth-order valence-corrected chi connectivity index (χ4v) is 2.51. The van der Waals surface area contributed by atoms with E-state index in [0.29, 0.717) is 0 Å². The third-order valence-electron chi connectivity index (χ3n) is 2.62. The Hall–Kier alpha value is -0.810. The van der Waals surface area contributed by atoms with Crippen molar-refractivity contribution in [2.75, 3.05) is 37.8 Å². The van der Waals surface area contributed by atoms with Crippen molar-refractivity contribution in [1.29, 1.82) is 0 Å². The molecule has 1 rings (SSSR count). The number of aryl methyl sites for hydroxylation is 1. The number of nitrogens with zero attached hydrogens (tertiary/aromatic N) is 3. The number of thioether (sulfide) groups is 1. The molecule has 0 fully saturated rings. The van der Waals surface area contributed by atoms with E-state index < -0.39 is 0 Å². The second-order valence-corrected chi connectivity index (χ2v) is 4.88. The fraction of sp³-hybridized carbons (Fsp3) is 0.667. The Morgan fingerprint density at radius 2 is 2.00 bits per heavy atom. The molecular weight excluding hydrogens is 232 g/mol. The predicted octanol–water partition coefficient (Wildman–Crippen LogP) is 2.26. The standard InChI is InChI=1S/C12H22N4S/c1-5-16(6-2)7-8-17-12-9-11(13-4)14-10(3)15-12/h9H,5-8H2,1-4H3,(H,13,14,15). The van der Waals surface area contributed by atoms with Gasteiger partial charge in [-0.05, 0) is 20.0 Å². The molecule has 0 saturated heterocycles. The van der Waals surface area contributed by atoms with E-state index in [1.807, 2.05) is 20.0 Å². The minimum Gasteiger partial charge on any atom is -0.373 e. The maximum Gasteiger partial charge on any atom is 0.130 e. The molecule has 0 aromatic carbocycles. The van der Waals surface area contributed by atoms with E-state index >= 15 is 0 Å². The lowest BCUT2D eigenvalue weighted by atomic mass is 10.5. The van der Waals surface area contributed by atoms with Gasteiger partial charge in [-0.1, -0.05) is 13.8 Å². The monoisotopic (exact) mass is 254 g/mol. The van der Waals surface area contributed by atoms with Gasteiger partial charge in [0.25, 0.3) is 0 Å². The first-order chi connectivity index (χ1) is 8.19. The second-order valence-electron chi connectivity index (χ2n) is 3.76. The Labute approximate surface area is 108 Å². The molecule has 1 aromatic rings. The van der Waals surface area contributed by atoms with Crippen LogP contribution in [-0.2, 0) is 0 Å². The van der Waals surface area contributed by atoms with Crippen molar-refractivity contribution in [3.05, 3.63) is 11.9 Å². The van der Waals surface area contributed by atoms with Gasteiger partial charge in [0.15, 0.2) is 0 Å². The molecule has 0 unspecified atom stereocenters. The molecule has 0 bridgehead atoms. The summed E-state index contributed by atoms with van der Waals surface area (Å²) >= 11 is 1.79. The van der Waals surface area contributed by atoms with Gasteiger partial charge >= 0.3 is 0 Å². The van der Waals surface area contributed by atoms with Crippen LogP contribution in [0.3, 0.4) is 0 Å². The highest BCUT2D eigenvalue weighted by Crippen LogP contribution is 2.18. The van der Waals surface area contributed by atoms with Crippen molar-refractivity contribution in [3.8, 4) is 0 Å². The summed E-state index contributed by atoms with van der Waals surface area (Å²) in [6, 6.07) is 2.00. The molecule has 0 aliphatic heterocycles. The van der Waals surface area contributed by atoms with E-state index in [9.17, 15) is 0 Å². The molecule has 4 nitrogen and oxygen atoms in total. The van der Waals surface area contributed by atoms with Gasteiger partial charge in [-0.25, -0.2) is 9.97 Å². The van der Waals surface area contributed by atoms with Gasteiger partial charge in [0.1, 0.15) is 16.7 Å². The van der Waals surface area contributed by atoms with Crippen LogP contribution in [0.4, 0.5) is 5.82 Å². The van der Waals surface area contributed by atoms with Crippen molar-refractivity contribution < 1.29 is 0 Å². The lowest BCUT2D eigenvalue weighted by molar-refractivity contribution is 0.324. The number of rotatable bonds is 7. The van der Waals surface area contributed by atoms with Crippen molar-refractivity contribution in [2.24, 2.45) is 0 Å². The van der Waals surface area contributed by atoms with E-state index in [4.69, 9.17) is 0 Å². The number of anilines is 1. The summed E-state index contributed by atoms with van der Waals surface area (Å²) in [7, 11) is 1.88. The molecule has 1 N–H and O–H groups in total. The number of hydrogen-bond donors (Lipinski definition) is 1. The maximum atomic E-state index is 4.42. The normalized spacial score (nSPS) is 10.9. The maximum absolute atomic E-state index is 4.42. The Bertz CT molecular complexity index is 339. The first kappa shape index (κ1) is 14.3. The van der Waals surface area contributed by atoms with Crippen LogP contribution in [0, 0.1) is 6.92 Å². The minimum atomic E-state index is 0.821. The summed E-state index contributed by atoms with van der Waals surface area (Å²) in [6.07, 6.45) is 0. The van der Waals surface area contributed by atoms with E-state index in [1.165, 1.54) is 0 Å². The topological polar surface area (TPSA) is 41.0 Å². The van der Waals surface area contributed by atoms with E-state index in [-0.39, 0.29) is 0 Å². The van der Waals surface area contributed by atoms with Crippen LogP contribution in [0.5, 0.6) is 0 Å². The van der Waals surface area contributed by atoms with Crippen LogP contribution in [0.15, 0.2) is 11.1 Å². The molecule has 1 aromatic heterocycles. The van der Waals surface area contributed by atoms with Crippen molar-refractivity contribution in [1.82, 2.24) is 14.9 Å². The van der Waals surface area contributed by atoms with E-state index in [0.717, 1.165) is 42.1 Å². The fourth-order valence-electron chi connectivity index (χ4n) is 1.56. The van der Waals surface area contributed by atoms with Crippen LogP contribution in [0.25, 0.3) is 0 Å². The van der Waals surface area contributed by atoms with Gasteiger partial charge in [-0.15, -0.1) is 11.8 Å². The Kier molecular flexibility index (Phi) is 6.29. The molecule has 17 heavy (non-hydrogen) atoms. The summed E-state index contributed by atoms with van der Waals surface area (Å²) in [5.74, 6) is 2.78. The van der Waals surface area contributed by atoms with Gasteiger partial charge < -0.3 is 10.2 Å². The summed E-state index contributed by atoms with van der Waals surface area (Å²) in [5, 5.41) is 4.10. The van der Waals surface area contributed by atoms with Crippen LogP contribution in [0.2, 0.25) is 0 Å². The predicted molar refractivity (Wildman–Crippen MR) is 74.8 cm³/mol. The van der Waals surface area contributed by atoms with Gasteiger partial charge in [0, 0.05) is 25.4 Å². The molecule has 96 valence electrons. The second kappa shape index (κ2) is 7.50. The summed E-state index contributed by atoms with van der Waals surface area (Å²) in [5.41, 5.74) is 0. The van der Waals surface area contributed by atoms with Crippen LogP contribution >= 0.6 is 11.8 Å². The molecule has 0 radical (unpaired) electrons. The zero-order valence-electron chi connectivity index (χ0n) is 11.2. The highest BCUT2D eigenvalue weighted by atomic mass is 32.2. The van der Waals surface area contributed by atoms with E-state index in [2.05, 4.69) is 34.0 Å². The molecule has 0 aliphatic rings. The van der Waals surface area contributed by atoms with Crippen molar-refractivity contribution in [2.45, 2.75) is 25.8 Å². The smallest absolute Gasteiger partial charge is 0.130 e. The van der Waals surface area contributed by atoms with Crippen LogP contribution in [-0.4, -0.2) is 47.3 Å². The lowest BCUT2D eigenvalue weighted by Crippen LogP contribution is -2.25. The SMILES string of the molecule is CCN(CC)CCSc1cc(NC)nc(C)n1. The number of nitrogens with one attached hydrogen (secondary N) is 1. The first-order valence-corrected chi connectivity index (χ1v) is 7.06. The molecular formula is C12H22N4S. The van der Waals surface area contributed by atoms with Crippen molar-refractivity contribution >= 4 is 17.6 Å². The highest BCUT2D eigenvalue weighted by Gasteiger charge is 2.03. The highest BCUT2D eigenvalue weighted by molar-refractivity contribution is 7.99. The summed E-state index contributed by atoms with van der Waals surface area (Å²) < 4.78 is 0. The van der Waals surface area contributed by atoms with Crippen LogP contribution in [0.1, 0.15) is 19.7 Å². The quantitative estimate of drug-likeness (QED) is 0.597. The Morgan fingerprint density at radius 1 is 1.29 bits per heavy atom. The van der Waals surface area contributed by atoms with E-state index in [1.54, 1.807) is 11.8 Å². The Balaban J connectivity index is 2.48. The van der Waals surface area contributed by atoms with Gasteiger partial charge in [-0.3, -0.25) is 0 Å². The van der Waals surface area contributed by atoms with Crippen LogP contribution < -0.4 is 5.32 Å². The third-order valence-corrected chi connectivity index (χ3v) is 3.51. The summed E-state index contributed by atoms with van der Waals surface area (Å²) in [4.78, 5) is 11.1. The third kappa shape index (κ3) is 4.91.